The Balaban J connectivity index is 1.88. The summed E-state index contributed by atoms with van der Waals surface area (Å²) in [5.41, 5.74) is 1.47. The van der Waals surface area contributed by atoms with Crippen molar-refractivity contribution in [1.82, 2.24) is 0 Å². The van der Waals surface area contributed by atoms with E-state index in [1.165, 1.54) is 19.2 Å². The van der Waals surface area contributed by atoms with Gasteiger partial charge in [0.2, 0.25) is 0 Å². The molecule has 0 fully saturated rings. The Labute approximate surface area is 172 Å². The molecule has 1 heterocycles. The molecule has 0 aliphatic rings. The molecule has 0 aliphatic carbocycles. The Kier molecular flexibility index (Phi) is 5.93. The van der Waals surface area contributed by atoms with E-state index in [9.17, 15) is 13.2 Å². The molecule has 0 aliphatic heterocycles. The number of methoxy groups -OCH3 is 1. The van der Waals surface area contributed by atoms with E-state index in [-0.39, 0.29) is 21.2 Å². The first-order chi connectivity index (χ1) is 13.3. The van der Waals surface area contributed by atoms with Crippen LogP contribution in [0, 0.1) is 6.92 Å². The molecule has 28 heavy (non-hydrogen) atoms. The molecule has 6 nitrogen and oxygen atoms in total. The van der Waals surface area contributed by atoms with E-state index in [1.807, 2.05) is 0 Å². The molecular weight excluding hydrogens is 420 g/mol. The van der Waals surface area contributed by atoms with E-state index >= 15 is 0 Å². The second-order valence-corrected chi connectivity index (χ2v) is 8.89. The maximum absolute atomic E-state index is 12.9. The van der Waals surface area contributed by atoms with Gasteiger partial charge in [-0.2, -0.15) is 0 Å². The molecule has 0 bridgehead atoms. The molecular formula is C19H17ClN2O4S2. The molecule has 1 aromatic heterocycles. The number of thiophene rings is 1. The first-order valence-corrected chi connectivity index (χ1v) is 10.9. The van der Waals surface area contributed by atoms with Gasteiger partial charge >= 0.3 is 0 Å². The first kappa shape index (κ1) is 20.2. The van der Waals surface area contributed by atoms with Crippen molar-refractivity contribution in [1.29, 1.82) is 0 Å². The van der Waals surface area contributed by atoms with Crippen LogP contribution in [0.3, 0.4) is 0 Å². The summed E-state index contributed by atoms with van der Waals surface area (Å²) in [6.45, 7) is 1.78. The molecule has 3 aromatic rings. The molecule has 2 aromatic carbocycles. The summed E-state index contributed by atoms with van der Waals surface area (Å²) >= 11 is 7.06. The third-order valence-corrected chi connectivity index (χ3v) is 6.34. The highest BCUT2D eigenvalue weighted by molar-refractivity contribution is 7.92. The summed E-state index contributed by atoms with van der Waals surface area (Å²) in [5, 5.41) is 4.83. The van der Waals surface area contributed by atoms with E-state index in [1.54, 1.807) is 48.7 Å². The van der Waals surface area contributed by atoms with Crippen molar-refractivity contribution in [3.05, 3.63) is 69.4 Å². The summed E-state index contributed by atoms with van der Waals surface area (Å²) in [6, 6.07) is 13.1. The smallest absolute Gasteiger partial charge is 0.267 e. The molecule has 0 radical (unpaired) electrons. The fourth-order valence-corrected chi connectivity index (χ4v) is 4.84. The van der Waals surface area contributed by atoms with Crippen molar-refractivity contribution >= 4 is 50.2 Å². The molecule has 0 unspecified atom stereocenters. The standard InChI is InChI=1S/C19H17ClN2O4S2/c1-12-6-7-16(26-2)17(10-12)28(24,25)22-15-8-9-27-18(15)19(23)21-14-5-3-4-13(20)11-14/h3-11,22H,1-2H3,(H,21,23). The van der Waals surface area contributed by atoms with Crippen LogP contribution in [0.25, 0.3) is 0 Å². The zero-order chi connectivity index (χ0) is 20.3. The second-order valence-electron chi connectivity index (χ2n) is 5.89. The molecule has 1 amide bonds. The van der Waals surface area contributed by atoms with E-state index in [0.717, 1.165) is 16.9 Å². The van der Waals surface area contributed by atoms with Crippen LogP contribution in [-0.2, 0) is 10.0 Å². The first-order valence-electron chi connectivity index (χ1n) is 8.12. The van der Waals surface area contributed by atoms with Crippen molar-refractivity contribution in [2.75, 3.05) is 17.1 Å². The third kappa shape index (κ3) is 4.46. The minimum Gasteiger partial charge on any atom is -0.495 e. The van der Waals surface area contributed by atoms with Gasteiger partial charge in [-0.1, -0.05) is 23.7 Å². The zero-order valence-corrected chi connectivity index (χ0v) is 17.4. The van der Waals surface area contributed by atoms with Gasteiger partial charge in [0.25, 0.3) is 15.9 Å². The number of hydrogen-bond donors (Lipinski definition) is 2. The van der Waals surface area contributed by atoms with E-state index < -0.39 is 15.9 Å². The number of sulfonamides is 1. The van der Waals surface area contributed by atoms with E-state index in [2.05, 4.69) is 10.0 Å². The van der Waals surface area contributed by atoms with Crippen molar-refractivity contribution in [2.45, 2.75) is 11.8 Å². The van der Waals surface area contributed by atoms with E-state index in [4.69, 9.17) is 16.3 Å². The number of ether oxygens (including phenoxy) is 1. The van der Waals surface area contributed by atoms with Crippen LogP contribution in [0.4, 0.5) is 11.4 Å². The summed E-state index contributed by atoms with van der Waals surface area (Å²) in [7, 11) is -2.55. The number of carbonyl (C=O) groups excluding carboxylic acids is 1. The maximum Gasteiger partial charge on any atom is 0.267 e. The number of carbonyl (C=O) groups is 1. The van der Waals surface area contributed by atoms with Crippen molar-refractivity contribution in [3.8, 4) is 5.75 Å². The second kappa shape index (κ2) is 8.22. The summed E-state index contributed by atoms with van der Waals surface area (Å²) < 4.78 is 33.4. The quantitative estimate of drug-likeness (QED) is 0.582. The average Bonchev–Trinajstić information content (AvgIpc) is 3.09. The van der Waals surface area contributed by atoms with Crippen LogP contribution in [-0.4, -0.2) is 21.4 Å². The molecule has 0 atom stereocenters. The van der Waals surface area contributed by atoms with E-state index in [0.29, 0.717) is 10.7 Å². The third-order valence-electron chi connectivity index (χ3n) is 3.81. The van der Waals surface area contributed by atoms with Gasteiger partial charge in [0.05, 0.1) is 12.8 Å². The number of halogens is 1. The predicted molar refractivity (Wildman–Crippen MR) is 112 cm³/mol. The molecule has 0 spiro atoms. The van der Waals surface area contributed by atoms with Crippen molar-refractivity contribution in [2.24, 2.45) is 0 Å². The number of aryl methyl sites for hydroxylation is 1. The number of benzene rings is 2. The highest BCUT2D eigenvalue weighted by Gasteiger charge is 2.23. The fraction of sp³-hybridized carbons (Fsp3) is 0.105. The number of nitrogens with one attached hydrogen (secondary N) is 2. The monoisotopic (exact) mass is 436 g/mol. The Morgan fingerprint density at radius 3 is 2.64 bits per heavy atom. The lowest BCUT2D eigenvalue weighted by molar-refractivity contribution is 0.103. The lowest BCUT2D eigenvalue weighted by Gasteiger charge is -2.13. The molecule has 0 saturated heterocycles. The van der Waals surface area contributed by atoms with Gasteiger partial charge in [0.15, 0.2) is 0 Å². The lowest BCUT2D eigenvalue weighted by Crippen LogP contribution is -2.17. The summed E-state index contributed by atoms with van der Waals surface area (Å²) in [4.78, 5) is 12.8. The number of rotatable bonds is 6. The van der Waals surface area contributed by atoms with Crippen molar-refractivity contribution < 1.29 is 17.9 Å². The topological polar surface area (TPSA) is 84.5 Å². The number of anilines is 2. The van der Waals surface area contributed by atoms with Crippen LogP contribution in [0.5, 0.6) is 5.75 Å². The lowest BCUT2D eigenvalue weighted by atomic mass is 10.2. The molecule has 146 valence electrons. The van der Waals surface area contributed by atoms with Crippen LogP contribution >= 0.6 is 22.9 Å². The predicted octanol–water partition coefficient (Wildman–Crippen LogP) is 4.77. The molecule has 0 saturated carbocycles. The SMILES string of the molecule is COc1ccc(C)cc1S(=O)(=O)Nc1ccsc1C(=O)Nc1cccc(Cl)c1. The molecule has 3 rings (SSSR count). The van der Waals surface area contributed by atoms with Gasteiger partial charge in [-0.15, -0.1) is 11.3 Å². The average molecular weight is 437 g/mol. The zero-order valence-electron chi connectivity index (χ0n) is 15.0. The summed E-state index contributed by atoms with van der Waals surface area (Å²) in [5.74, 6) is -0.218. The van der Waals surface area contributed by atoms with Crippen LogP contribution in [0.2, 0.25) is 5.02 Å². The maximum atomic E-state index is 12.9. The normalized spacial score (nSPS) is 11.1. The Morgan fingerprint density at radius 2 is 1.93 bits per heavy atom. The summed E-state index contributed by atoms with van der Waals surface area (Å²) in [6.07, 6.45) is 0. The Morgan fingerprint density at radius 1 is 1.14 bits per heavy atom. The Hall–Kier alpha value is -2.55. The number of amides is 1. The fourth-order valence-electron chi connectivity index (χ4n) is 2.51. The van der Waals surface area contributed by atoms with Crippen LogP contribution in [0.1, 0.15) is 15.2 Å². The van der Waals surface area contributed by atoms with Crippen molar-refractivity contribution in [3.63, 3.8) is 0 Å². The number of hydrogen-bond acceptors (Lipinski definition) is 5. The molecule has 9 heteroatoms. The van der Waals surface area contributed by atoms with Gasteiger partial charge in [0.1, 0.15) is 15.5 Å². The van der Waals surface area contributed by atoms with Gasteiger partial charge < -0.3 is 10.1 Å². The Bertz CT molecular complexity index is 1130. The van der Waals surface area contributed by atoms with Gasteiger partial charge in [-0.05, 0) is 54.3 Å². The van der Waals surface area contributed by atoms with Crippen LogP contribution < -0.4 is 14.8 Å². The van der Waals surface area contributed by atoms with Gasteiger partial charge in [-0.25, -0.2) is 8.42 Å². The minimum atomic E-state index is -3.95. The van der Waals surface area contributed by atoms with Gasteiger partial charge in [-0.3, -0.25) is 9.52 Å². The highest BCUT2D eigenvalue weighted by Crippen LogP contribution is 2.30. The van der Waals surface area contributed by atoms with Crippen LogP contribution in [0.15, 0.2) is 58.8 Å². The minimum absolute atomic E-state index is 0.00222. The highest BCUT2D eigenvalue weighted by atomic mass is 35.5. The van der Waals surface area contributed by atoms with Gasteiger partial charge in [0, 0.05) is 10.7 Å². The molecule has 2 N–H and O–H groups in total. The largest absolute Gasteiger partial charge is 0.495 e.